The fourth-order valence-corrected chi connectivity index (χ4v) is 3.35. The Morgan fingerprint density at radius 1 is 1.09 bits per heavy atom. The third kappa shape index (κ3) is 2.49. The molecule has 0 bridgehead atoms. The van der Waals surface area contributed by atoms with Gasteiger partial charge >= 0.3 is 0 Å². The molecule has 3 aromatic carbocycles. The lowest BCUT2D eigenvalue weighted by Crippen LogP contribution is -2.16. The van der Waals surface area contributed by atoms with Gasteiger partial charge in [-0.05, 0) is 58.6 Å². The zero-order valence-electron chi connectivity index (χ0n) is 12.6. The number of nitrogens with one attached hydrogen (secondary N) is 1. The Morgan fingerprint density at radius 3 is 2.70 bits per heavy atom. The molecule has 0 amide bonds. The second-order valence-corrected chi connectivity index (χ2v) is 6.20. The number of benzene rings is 3. The molecule has 0 saturated heterocycles. The van der Waals surface area contributed by atoms with Crippen LogP contribution in [-0.2, 0) is 0 Å². The minimum atomic E-state index is 0.645. The summed E-state index contributed by atoms with van der Waals surface area (Å²) >= 11 is 3.57. The quantitative estimate of drug-likeness (QED) is 0.663. The second-order valence-electron chi connectivity index (χ2n) is 5.34. The lowest BCUT2D eigenvalue weighted by Gasteiger charge is -2.19. The molecule has 1 N–H and O–H groups in total. The zero-order chi connectivity index (χ0) is 15.8. The van der Waals surface area contributed by atoms with E-state index in [1.54, 1.807) is 0 Å². The molecule has 23 heavy (non-hydrogen) atoms. The van der Waals surface area contributed by atoms with Gasteiger partial charge in [0.15, 0.2) is 0 Å². The van der Waals surface area contributed by atoms with Crippen molar-refractivity contribution in [2.75, 3.05) is 11.9 Å². The first-order valence-electron chi connectivity index (χ1n) is 7.56. The fraction of sp³-hybridized carbons (Fsp3) is 0.105. The van der Waals surface area contributed by atoms with Crippen molar-refractivity contribution in [1.82, 2.24) is 0 Å². The minimum Gasteiger partial charge on any atom is -0.493 e. The Labute approximate surface area is 143 Å². The number of hydrogen-bond acceptors (Lipinski definition) is 3. The number of anilines is 1. The van der Waals surface area contributed by atoms with Crippen LogP contribution in [0.3, 0.4) is 0 Å². The van der Waals surface area contributed by atoms with Crippen molar-refractivity contribution in [1.29, 1.82) is 0 Å². The Morgan fingerprint density at radius 2 is 1.91 bits per heavy atom. The van der Waals surface area contributed by atoms with Crippen LogP contribution in [0.1, 0.15) is 12.5 Å². The normalized spacial score (nSPS) is 12.7. The first-order valence-corrected chi connectivity index (χ1v) is 8.36. The highest BCUT2D eigenvalue weighted by molar-refractivity contribution is 9.10. The molecule has 4 heteroatoms. The molecule has 0 radical (unpaired) electrons. The van der Waals surface area contributed by atoms with Crippen LogP contribution in [0.25, 0.3) is 10.8 Å². The summed E-state index contributed by atoms with van der Waals surface area (Å²) in [6.45, 7) is 2.62. The Hall–Kier alpha value is -2.33. The van der Waals surface area contributed by atoms with Crippen molar-refractivity contribution in [3.63, 3.8) is 0 Å². The average molecular weight is 367 g/mol. The number of amidine groups is 1. The van der Waals surface area contributed by atoms with Crippen LogP contribution in [0, 0.1) is 0 Å². The molecule has 1 heterocycles. The highest BCUT2D eigenvalue weighted by Gasteiger charge is 2.16. The zero-order valence-corrected chi connectivity index (χ0v) is 14.2. The summed E-state index contributed by atoms with van der Waals surface area (Å²) in [6.07, 6.45) is 0. The van der Waals surface area contributed by atoms with Crippen molar-refractivity contribution in [3.05, 3.63) is 64.6 Å². The van der Waals surface area contributed by atoms with Gasteiger partial charge in [0.05, 0.1) is 16.8 Å². The van der Waals surface area contributed by atoms with Gasteiger partial charge in [0.1, 0.15) is 11.6 Å². The number of halogens is 1. The molecular weight excluding hydrogens is 352 g/mol. The van der Waals surface area contributed by atoms with Gasteiger partial charge in [-0.15, -0.1) is 0 Å². The van der Waals surface area contributed by atoms with Gasteiger partial charge in [-0.2, -0.15) is 0 Å². The molecule has 114 valence electrons. The fourth-order valence-electron chi connectivity index (χ4n) is 2.85. The second kappa shape index (κ2) is 5.70. The third-order valence-corrected chi connectivity index (χ3v) is 4.49. The van der Waals surface area contributed by atoms with Gasteiger partial charge in [-0.3, -0.25) is 0 Å². The van der Waals surface area contributed by atoms with E-state index in [4.69, 9.17) is 9.73 Å². The highest BCUT2D eigenvalue weighted by Crippen LogP contribution is 2.37. The predicted octanol–water partition coefficient (Wildman–Crippen LogP) is 5.50. The first kappa shape index (κ1) is 14.3. The molecule has 0 fully saturated rings. The monoisotopic (exact) mass is 366 g/mol. The van der Waals surface area contributed by atoms with Crippen molar-refractivity contribution in [2.24, 2.45) is 4.99 Å². The van der Waals surface area contributed by atoms with E-state index in [0.29, 0.717) is 6.61 Å². The summed E-state index contributed by atoms with van der Waals surface area (Å²) in [5.41, 5.74) is 3.11. The summed E-state index contributed by atoms with van der Waals surface area (Å²) in [7, 11) is 0. The maximum Gasteiger partial charge on any atom is 0.138 e. The average Bonchev–Trinajstić information content (AvgIpc) is 2.57. The topological polar surface area (TPSA) is 33.6 Å². The van der Waals surface area contributed by atoms with Crippen LogP contribution < -0.4 is 10.1 Å². The molecule has 1 aliphatic heterocycles. The molecule has 0 unspecified atom stereocenters. The third-order valence-electron chi connectivity index (χ3n) is 3.87. The molecule has 0 atom stereocenters. The van der Waals surface area contributed by atoms with E-state index in [9.17, 15) is 0 Å². The van der Waals surface area contributed by atoms with Crippen molar-refractivity contribution in [2.45, 2.75) is 6.92 Å². The molecule has 0 aromatic heterocycles. The van der Waals surface area contributed by atoms with Crippen molar-refractivity contribution in [3.8, 4) is 5.75 Å². The van der Waals surface area contributed by atoms with E-state index in [0.717, 1.165) is 33.0 Å². The lowest BCUT2D eigenvalue weighted by molar-refractivity contribution is 0.338. The predicted molar refractivity (Wildman–Crippen MR) is 99.1 cm³/mol. The number of hydrogen-bond donors (Lipinski definition) is 1. The van der Waals surface area contributed by atoms with Crippen LogP contribution in [0.5, 0.6) is 5.75 Å². The van der Waals surface area contributed by atoms with Crippen LogP contribution in [-0.4, -0.2) is 12.4 Å². The molecular formula is C19H15BrN2O. The van der Waals surface area contributed by atoms with E-state index in [-0.39, 0.29) is 0 Å². The van der Waals surface area contributed by atoms with E-state index >= 15 is 0 Å². The lowest BCUT2D eigenvalue weighted by atomic mass is 10.0. The maximum absolute atomic E-state index is 5.57. The first-order chi connectivity index (χ1) is 11.3. The maximum atomic E-state index is 5.57. The molecule has 3 aromatic rings. The van der Waals surface area contributed by atoms with Crippen LogP contribution in [0.15, 0.2) is 64.1 Å². The van der Waals surface area contributed by atoms with Gasteiger partial charge in [-0.25, -0.2) is 4.99 Å². The van der Waals surface area contributed by atoms with Gasteiger partial charge in [0, 0.05) is 16.6 Å². The van der Waals surface area contributed by atoms with Crippen molar-refractivity contribution < 1.29 is 4.74 Å². The van der Waals surface area contributed by atoms with Crippen molar-refractivity contribution >= 4 is 43.9 Å². The van der Waals surface area contributed by atoms with Gasteiger partial charge < -0.3 is 10.1 Å². The van der Waals surface area contributed by atoms with Gasteiger partial charge in [-0.1, -0.05) is 24.3 Å². The number of nitrogens with zero attached hydrogens (tertiary/aromatic N) is 1. The molecule has 1 aliphatic rings. The van der Waals surface area contributed by atoms with E-state index in [2.05, 4.69) is 51.6 Å². The molecule has 0 aliphatic carbocycles. The number of rotatable bonds is 3. The van der Waals surface area contributed by atoms with Gasteiger partial charge in [0.2, 0.25) is 0 Å². The van der Waals surface area contributed by atoms with E-state index in [1.165, 1.54) is 10.8 Å². The van der Waals surface area contributed by atoms with E-state index in [1.807, 2.05) is 31.2 Å². The Kier molecular flexibility index (Phi) is 3.54. The van der Waals surface area contributed by atoms with Crippen LogP contribution in [0.2, 0.25) is 0 Å². The highest BCUT2D eigenvalue weighted by atomic mass is 79.9. The standard InChI is InChI=1S/C19H15BrN2O/c1-2-23-17-10-9-13(11-14(17)20)19-21-15-7-3-5-12-6-4-8-16(22-19)18(12)15/h3-11H,2H2,1H3,(H,21,22). The summed E-state index contributed by atoms with van der Waals surface area (Å²) in [4.78, 5) is 4.79. The summed E-state index contributed by atoms with van der Waals surface area (Å²) in [5.74, 6) is 1.69. The van der Waals surface area contributed by atoms with Gasteiger partial charge in [0.25, 0.3) is 0 Å². The Balaban J connectivity index is 1.81. The number of aliphatic imine (C=N–C) groups is 1. The number of ether oxygens (including phenoxy) is 1. The van der Waals surface area contributed by atoms with E-state index < -0.39 is 0 Å². The molecule has 0 spiro atoms. The summed E-state index contributed by atoms with van der Waals surface area (Å²) < 4.78 is 6.50. The largest absolute Gasteiger partial charge is 0.493 e. The molecule has 3 nitrogen and oxygen atoms in total. The Bertz CT molecular complexity index is 929. The summed E-state index contributed by atoms with van der Waals surface area (Å²) in [5, 5.41) is 5.81. The smallest absolute Gasteiger partial charge is 0.138 e. The SMILES string of the molecule is CCOc1ccc(C2=Nc3cccc4cccc(c34)N2)cc1Br. The van der Waals surface area contributed by atoms with Crippen LogP contribution in [0.4, 0.5) is 11.4 Å². The van der Waals surface area contributed by atoms with Crippen LogP contribution >= 0.6 is 15.9 Å². The summed E-state index contributed by atoms with van der Waals surface area (Å²) in [6, 6.07) is 18.5. The minimum absolute atomic E-state index is 0.645. The molecule has 4 rings (SSSR count). The molecule has 0 saturated carbocycles.